The van der Waals surface area contributed by atoms with Gasteiger partial charge in [-0.15, -0.1) is 0 Å². The Hall–Kier alpha value is -0.560. The molecule has 0 saturated heterocycles. The molecule has 2 unspecified atom stereocenters. The number of nitrogens with zero attached hydrogens (tertiary/aromatic N) is 1. The minimum atomic E-state index is -2.71. The van der Waals surface area contributed by atoms with E-state index in [1.54, 1.807) is 6.92 Å². The highest BCUT2D eigenvalue weighted by Gasteiger charge is 2.47. The lowest BCUT2D eigenvalue weighted by Crippen LogP contribution is -2.34. The first-order chi connectivity index (χ1) is 4.92. The Labute approximate surface area is 67.4 Å². The zero-order valence-electron chi connectivity index (χ0n) is 6.76. The summed E-state index contributed by atoms with van der Waals surface area (Å²) >= 11 is 0. The van der Waals surface area contributed by atoms with E-state index in [-0.39, 0.29) is 5.92 Å². The van der Waals surface area contributed by atoms with Crippen LogP contribution in [-0.4, -0.2) is 15.2 Å². The molecular formula is C7H12N2OS. The van der Waals surface area contributed by atoms with Crippen LogP contribution in [0.4, 0.5) is 0 Å². The molecular weight excluding hydrogens is 160 g/mol. The van der Waals surface area contributed by atoms with E-state index in [1.165, 1.54) is 6.26 Å². The summed E-state index contributed by atoms with van der Waals surface area (Å²) in [5.41, 5.74) is 0. The molecule has 0 aromatic carbocycles. The summed E-state index contributed by atoms with van der Waals surface area (Å²) in [4.78, 5) is 0. The molecule has 0 amide bonds. The Morgan fingerprint density at radius 2 is 2.18 bits per heavy atom. The van der Waals surface area contributed by atoms with Crippen molar-refractivity contribution >= 4 is 9.73 Å². The monoisotopic (exact) mass is 172 g/mol. The molecule has 4 heteroatoms. The van der Waals surface area contributed by atoms with E-state index >= 15 is 0 Å². The van der Waals surface area contributed by atoms with E-state index in [9.17, 15) is 4.21 Å². The highest BCUT2D eigenvalue weighted by molar-refractivity contribution is 7.93. The summed E-state index contributed by atoms with van der Waals surface area (Å²) in [6.07, 6.45) is 3.26. The topological polar surface area (TPSA) is 64.7 Å². The average Bonchev–Trinajstić information content (AvgIpc) is 2.64. The van der Waals surface area contributed by atoms with Crippen molar-refractivity contribution in [2.24, 2.45) is 5.92 Å². The summed E-state index contributed by atoms with van der Waals surface area (Å²) < 4.78 is 17.8. The van der Waals surface area contributed by atoms with Gasteiger partial charge in [-0.3, -0.25) is 4.78 Å². The lowest BCUT2D eigenvalue weighted by molar-refractivity contribution is 0.616. The van der Waals surface area contributed by atoms with E-state index in [0.717, 1.165) is 12.8 Å². The zero-order chi connectivity index (χ0) is 8.70. The molecule has 1 rings (SSSR count). The molecule has 1 fully saturated rings. The first-order valence-electron chi connectivity index (χ1n) is 3.56. The van der Waals surface area contributed by atoms with Gasteiger partial charge in [-0.05, 0) is 25.7 Å². The number of nitrogens with one attached hydrogen (secondary N) is 1. The minimum Gasteiger partial charge on any atom is -0.252 e. The van der Waals surface area contributed by atoms with Gasteiger partial charge >= 0.3 is 0 Å². The summed E-state index contributed by atoms with van der Waals surface area (Å²) in [7, 11) is -2.71. The molecule has 11 heavy (non-hydrogen) atoms. The fourth-order valence-electron chi connectivity index (χ4n) is 1.13. The first-order valence-corrected chi connectivity index (χ1v) is 5.53. The molecule has 1 aliphatic carbocycles. The highest BCUT2D eigenvalue weighted by Crippen LogP contribution is 2.43. The van der Waals surface area contributed by atoms with Gasteiger partial charge in [0.05, 0.1) is 15.8 Å². The molecule has 2 atom stereocenters. The average molecular weight is 172 g/mol. The van der Waals surface area contributed by atoms with Crippen molar-refractivity contribution in [2.75, 3.05) is 6.26 Å². The van der Waals surface area contributed by atoms with E-state index < -0.39 is 14.5 Å². The van der Waals surface area contributed by atoms with Crippen LogP contribution in [0, 0.1) is 22.0 Å². The van der Waals surface area contributed by atoms with E-state index in [0.29, 0.717) is 0 Å². The van der Waals surface area contributed by atoms with Crippen LogP contribution in [0.1, 0.15) is 19.8 Å². The molecule has 0 bridgehead atoms. The Morgan fingerprint density at radius 3 is 2.27 bits per heavy atom. The van der Waals surface area contributed by atoms with E-state index in [1.807, 2.05) is 6.07 Å². The van der Waals surface area contributed by atoms with Gasteiger partial charge in [0.1, 0.15) is 4.75 Å². The van der Waals surface area contributed by atoms with Crippen molar-refractivity contribution in [3.8, 4) is 6.07 Å². The van der Waals surface area contributed by atoms with E-state index in [2.05, 4.69) is 0 Å². The van der Waals surface area contributed by atoms with Gasteiger partial charge in [-0.2, -0.15) is 5.26 Å². The molecule has 0 heterocycles. The number of nitriles is 1. The zero-order valence-corrected chi connectivity index (χ0v) is 7.57. The van der Waals surface area contributed by atoms with Crippen LogP contribution >= 0.6 is 0 Å². The first kappa shape index (κ1) is 8.54. The maximum absolute atomic E-state index is 11.4. The highest BCUT2D eigenvalue weighted by atomic mass is 32.2. The van der Waals surface area contributed by atoms with Crippen LogP contribution in [0.3, 0.4) is 0 Å². The fourth-order valence-corrected chi connectivity index (χ4v) is 2.18. The minimum absolute atomic E-state index is 0.197. The van der Waals surface area contributed by atoms with Crippen molar-refractivity contribution in [1.82, 2.24) is 0 Å². The molecule has 0 spiro atoms. The Balaban J connectivity index is 3.04. The van der Waals surface area contributed by atoms with Crippen LogP contribution < -0.4 is 0 Å². The van der Waals surface area contributed by atoms with Crippen molar-refractivity contribution in [3.05, 3.63) is 0 Å². The normalized spacial score (nSPS) is 28.1. The predicted molar refractivity (Wildman–Crippen MR) is 43.5 cm³/mol. The number of rotatable bonds is 2. The van der Waals surface area contributed by atoms with Gasteiger partial charge in [0.15, 0.2) is 0 Å². The van der Waals surface area contributed by atoms with Crippen molar-refractivity contribution in [1.29, 1.82) is 10.0 Å². The smallest absolute Gasteiger partial charge is 0.140 e. The van der Waals surface area contributed by atoms with Crippen LogP contribution in [0.25, 0.3) is 0 Å². The van der Waals surface area contributed by atoms with Gasteiger partial charge in [0.2, 0.25) is 0 Å². The van der Waals surface area contributed by atoms with Crippen LogP contribution in [0.15, 0.2) is 0 Å². The van der Waals surface area contributed by atoms with Crippen LogP contribution in [0.5, 0.6) is 0 Å². The second kappa shape index (κ2) is 2.21. The molecule has 1 N–H and O–H groups in total. The number of hydrogen-bond acceptors (Lipinski definition) is 3. The lowest BCUT2D eigenvalue weighted by atomic mass is 10.1. The fraction of sp³-hybridized carbons (Fsp3) is 0.857. The van der Waals surface area contributed by atoms with Gasteiger partial charge in [0.25, 0.3) is 0 Å². The molecule has 1 saturated carbocycles. The van der Waals surface area contributed by atoms with Gasteiger partial charge in [-0.25, -0.2) is 4.21 Å². The Bertz CT molecular complexity index is 297. The molecule has 3 nitrogen and oxygen atoms in total. The Morgan fingerprint density at radius 1 is 1.73 bits per heavy atom. The Kier molecular flexibility index (Phi) is 1.72. The second-order valence-corrected chi connectivity index (χ2v) is 5.87. The summed E-state index contributed by atoms with van der Waals surface area (Å²) in [5.74, 6) is 0.197. The molecule has 0 aromatic rings. The third kappa shape index (κ3) is 1.25. The van der Waals surface area contributed by atoms with Gasteiger partial charge in [-0.1, -0.05) is 0 Å². The largest absolute Gasteiger partial charge is 0.252 e. The second-order valence-electron chi connectivity index (χ2n) is 3.34. The third-order valence-corrected chi connectivity index (χ3v) is 4.43. The summed E-state index contributed by atoms with van der Waals surface area (Å²) in [5, 5.41) is 8.78. The van der Waals surface area contributed by atoms with Crippen molar-refractivity contribution in [3.63, 3.8) is 0 Å². The predicted octanol–water partition coefficient (Wildman–Crippen LogP) is 1.36. The van der Waals surface area contributed by atoms with Crippen molar-refractivity contribution < 1.29 is 4.21 Å². The SMILES string of the molecule is CC(C#N)(C1CC1)S(C)(=N)=O. The van der Waals surface area contributed by atoms with Crippen molar-refractivity contribution in [2.45, 2.75) is 24.5 Å². The standard InChI is InChI=1S/C7H12N2OS/c1-7(5-8,6-3-4-6)11(2,9)10/h6,9H,3-4H2,1-2H3. The molecule has 0 aliphatic heterocycles. The van der Waals surface area contributed by atoms with E-state index in [4.69, 9.17) is 10.0 Å². The maximum Gasteiger partial charge on any atom is 0.140 e. The molecule has 0 aromatic heterocycles. The lowest BCUT2D eigenvalue weighted by Gasteiger charge is -2.20. The summed E-state index contributed by atoms with van der Waals surface area (Å²) in [6.45, 7) is 1.64. The quantitative estimate of drug-likeness (QED) is 0.683. The van der Waals surface area contributed by atoms with Crippen LogP contribution in [-0.2, 0) is 9.73 Å². The molecule has 1 aliphatic rings. The maximum atomic E-state index is 11.4. The third-order valence-electron chi connectivity index (χ3n) is 2.39. The van der Waals surface area contributed by atoms with Gasteiger partial charge < -0.3 is 0 Å². The van der Waals surface area contributed by atoms with Crippen LogP contribution in [0.2, 0.25) is 0 Å². The summed E-state index contributed by atoms with van der Waals surface area (Å²) in [6, 6.07) is 2.02. The molecule has 0 radical (unpaired) electrons. The number of hydrogen-bond donors (Lipinski definition) is 1. The van der Waals surface area contributed by atoms with Gasteiger partial charge in [0, 0.05) is 6.26 Å². The molecule has 62 valence electrons.